The average Bonchev–Trinajstić information content (AvgIpc) is 3.67. The average molecular weight is 653 g/mol. The van der Waals surface area contributed by atoms with E-state index in [9.17, 15) is 14.4 Å². The molecule has 1 aromatic heterocycles. The number of H-pyrrole nitrogens is 1. The maximum absolute atomic E-state index is 15.5. The number of hydrogen-bond donors (Lipinski definition) is 2. The first-order chi connectivity index (χ1) is 22.2. The molecule has 2 aliphatic heterocycles. The predicted octanol–water partition coefficient (Wildman–Crippen LogP) is 5.61. The van der Waals surface area contributed by atoms with Gasteiger partial charge in [0.25, 0.3) is 5.91 Å². The van der Waals surface area contributed by atoms with Gasteiger partial charge < -0.3 is 29.5 Å². The maximum Gasteiger partial charge on any atom is 0.257 e. The minimum absolute atomic E-state index is 0.0684. The summed E-state index contributed by atoms with van der Waals surface area (Å²) in [5, 5.41) is 3.61. The molecule has 1 aliphatic carbocycles. The number of aldehydes is 1. The zero-order chi connectivity index (χ0) is 32.4. The van der Waals surface area contributed by atoms with E-state index in [1.807, 2.05) is 29.2 Å². The minimum atomic E-state index is -0.613. The van der Waals surface area contributed by atoms with E-state index in [-0.39, 0.29) is 64.9 Å². The van der Waals surface area contributed by atoms with Gasteiger partial charge in [0.1, 0.15) is 12.1 Å². The Balaban J connectivity index is 1.14. The number of fused-ring (bicyclic) bond motifs is 1. The van der Waals surface area contributed by atoms with Crippen LogP contribution in [0.5, 0.6) is 0 Å². The number of hydrogen-bond acceptors (Lipinski definition) is 6. The van der Waals surface area contributed by atoms with Gasteiger partial charge >= 0.3 is 0 Å². The molecule has 0 unspecified atom stereocenters. The summed E-state index contributed by atoms with van der Waals surface area (Å²) in [7, 11) is 0. The van der Waals surface area contributed by atoms with Crippen LogP contribution >= 0.6 is 11.6 Å². The number of aromatic nitrogens is 1. The molecule has 3 aliphatic rings. The van der Waals surface area contributed by atoms with Crippen molar-refractivity contribution in [3.8, 4) is 0 Å². The van der Waals surface area contributed by atoms with Gasteiger partial charge in [0.2, 0.25) is 5.91 Å². The number of amides is 2. The lowest BCUT2D eigenvalue weighted by atomic mass is 9.88. The molecule has 0 bridgehead atoms. The van der Waals surface area contributed by atoms with Gasteiger partial charge in [0, 0.05) is 48.7 Å². The number of rotatable bonds is 9. The van der Waals surface area contributed by atoms with E-state index in [1.165, 1.54) is 12.1 Å². The molecule has 1 saturated carbocycles. The highest BCUT2D eigenvalue weighted by Gasteiger charge is 2.40. The number of nitrogens with one attached hydrogen (secondary N) is 2. The fourth-order valence-electron chi connectivity index (χ4n) is 7.31. The zero-order valence-electron chi connectivity index (χ0n) is 26.3. The van der Waals surface area contributed by atoms with Crippen molar-refractivity contribution in [3.05, 3.63) is 64.6 Å². The van der Waals surface area contributed by atoms with E-state index in [2.05, 4.69) is 29.0 Å². The predicted molar refractivity (Wildman–Crippen MR) is 175 cm³/mol. The summed E-state index contributed by atoms with van der Waals surface area (Å²) in [6, 6.07) is 10.0. The van der Waals surface area contributed by atoms with E-state index >= 15 is 4.39 Å². The van der Waals surface area contributed by atoms with Crippen LogP contribution in [-0.2, 0) is 25.5 Å². The quantitative estimate of drug-likeness (QED) is 0.292. The molecule has 0 spiro atoms. The smallest absolute Gasteiger partial charge is 0.257 e. The summed E-state index contributed by atoms with van der Waals surface area (Å²) in [6.07, 6.45) is 6.83. The van der Waals surface area contributed by atoms with Gasteiger partial charge in [-0.3, -0.25) is 14.5 Å². The van der Waals surface area contributed by atoms with Crippen LogP contribution in [0.4, 0.5) is 10.1 Å². The molecule has 9 nitrogen and oxygen atoms in total. The highest BCUT2D eigenvalue weighted by Crippen LogP contribution is 2.31. The number of anilines is 1. The van der Waals surface area contributed by atoms with Crippen LogP contribution in [0.1, 0.15) is 61.9 Å². The van der Waals surface area contributed by atoms with E-state index in [1.54, 1.807) is 6.20 Å². The Hall–Kier alpha value is -3.31. The fourth-order valence-corrected chi connectivity index (χ4v) is 7.54. The number of nitrogens with zero attached hydrogens (tertiary/aromatic N) is 2. The topological polar surface area (TPSA) is 104 Å². The Morgan fingerprint density at radius 1 is 1.11 bits per heavy atom. The first-order valence-electron chi connectivity index (χ1n) is 16.3. The van der Waals surface area contributed by atoms with Crippen molar-refractivity contribution in [1.29, 1.82) is 0 Å². The standard InChI is InChI=1S/C35H42ClFN4O5/c1-21-16-40(17-22(2)46-21)25-13-26(20-45-27-9-7-23(19-42)8-10-27)41(18-25)34(43)12-24-11-30(36)33(14-31(24)37)39-35(44)29-15-38-32-6-4-3-5-28(29)32/h3-6,11,14-15,19,21-23,25-27,38H,7-10,12-13,16-18,20H2,1-2H3,(H,39,44)/t21-,22+,23-,25-,26-,27-/m0/s1. The van der Waals surface area contributed by atoms with Gasteiger partial charge in [-0.2, -0.15) is 0 Å². The Labute approximate surface area is 273 Å². The molecule has 3 aromatic rings. The number of carbonyl (C=O) groups excluding carboxylic acids is 3. The van der Waals surface area contributed by atoms with Gasteiger partial charge in [-0.1, -0.05) is 29.8 Å². The van der Waals surface area contributed by atoms with Crippen LogP contribution in [0.15, 0.2) is 42.6 Å². The van der Waals surface area contributed by atoms with Crippen molar-refractivity contribution in [1.82, 2.24) is 14.8 Å². The van der Waals surface area contributed by atoms with Crippen molar-refractivity contribution in [2.45, 2.75) is 82.8 Å². The van der Waals surface area contributed by atoms with Crippen LogP contribution in [0, 0.1) is 11.7 Å². The second-order valence-corrected chi connectivity index (χ2v) is 13.5. The Bertz CT molecular complexity index is 1560. The number of benzene rings is 2. The molecule has 4 atom stereocenters. The van der Waals surface area contributed by atoms with Crippen LogP contribution in [0.2, 0.25) is 5.02 Å². The van der Waals surface area contributed by atoms with Crippen LogP contribution in [0.3, 0.4) is 0 Å². The van der Waals surface area contributed by atoms with Crippen LogP contribution < -0.4 is 5.32 Å². The molecule has 3 fully saturated rings. The molecule has 2 saturated heterocycles. The van der Waals surface area contributed by atoms with E-state index in [4.69, 9.17) is 21.1 Å². The monoisotopic (exact) mass is 652 g/mol. The van der Waals surface area contributed by atoms with Crippen molar-refractivity contribution in [2.24, 2.45) is 5.92 Å². The second kappa shape index (κ2) is 14.2. The van der Waals surface area contributed by atoms with Crippen molar-refractivity contribution in [2.75, 3.05) is 31.6 Å². The molecule has 6 rings (SSSR count). The third-order valence-electron chi connectivity index (χ3n) is 9.67. The number of ether oxygens (including phenoxy) is 2. The van der Waals surface area contributed by atoms with E-state index in [0.717, 1.165) is 62.4 Å². The van der Waals surface area contributed by atoms with Crippen LogP contribution in [0.25, 0.3) is 10.9 Å². The molecular weight excluding hydrogens is 611 g/mol. The lowest BCUT2D eigenvalue weighted by Gasteiger charge is -2.38. The highest BCUT2D eigenvalue weighted by molar-refractivity contribution is 6.34. The second-order valence-electron chi connectivity index (χ2n) is 13.1. The number of likely N-dealkylation sites (tertiary alicyclic amines) is 1. The summed E-state index contributed by atoms with van der Waals surface area (Å²) >= 11 is 6.53. The Morgan fingerprint density at radius 3 is 2.59 bits per heavy atom. The third-order valence-corrected chi connectivity index (χ3v) is 9.99. The number of aromatic amines is 1. The SMILES string of the molecule is C[C@@H]1CN([C@H]2C[C@@H](CO[C@H]3CC[C@H](C=O)CC3)N(C(=O)Cc3cc(Cl)c(NC(=O)c4c[nH]c5ccccc45)cc3F)C2)C[C@H](C)O1. The summed E-state index contributed by atoms with van der Waals surface area (Å²) in [4.78, 5) is 45.3. The normalized spacial score (nSPS) is 27.2. The molecule has 3 heterocycles. The van der Waals surface area contributed by atoms with Crippen LogP contribution in [-0.4, -0.2) is 89.5 Å². The van der Waals surface area contributed by atoms with E-state index < -0.39 is 11.7 Å². The van der Waals surface area contributed by atoms with Crippen molar-refractivity contribution < 1.29 is 28.2 Å². The molecule has 2 aromatic carbocycles. The largest absolute Gasteiger partial charge is 0.376 e. The van der Waals surface area contributed by atoms with Gasteiger partial charge in [0.15, 0.2) is 0 Å². The zero-order valence-corrected chi connectivity index (χ0v) is 27.1. The summed E-state index contributed by atoms with van der Waals surface area (Å²) in [5.74, 6) is -1.12. The minimum Gasteiger partial charge on any atom is -0.376 e. The van der Waals surface area contributed by atoms with Crippen molar-refractivity contribution >= 4 is 46.3 Å². The molecular formula is C35H42ClFN4O5. The Kier molecular flexibility index (Phi) is 10.1. The summed E-state index contributed by atoms with van der Waals surface area (Å²) in [6.45, 7) is 6.63. The van der Waals surface area contributed by atoms with Gasteiger partial charge in [-0.25, -0.2) is 4.39 Å². The molecule has 2 N–H and O–H groups in total. The Morgan fingerprint density at radius 2 is 1.85 bits per heavy atom. The summed E-state index contributed by atoms with van der Waals surface area (Å²) in [5.41, 5.74) is 1.54. The van der Waals surface area contributed by atoms with Gasteiger partial charge in [0.05, 0.1) is 53.7 Å². The first-order valence-corrected chi connectivity index (χ1v) is 16.7. The maximum atomic E-state index is 15.5. The van der Waals surface area contributed by atoms with E-state index in [0.29, 0.717) is 18.7 Å². The lowest BCUT2D eigenvalue weighted by Crippen LogP contribution is -2.51. The van der Waals surface area contributed by atoms with Gasteiger partial charge in [-0.05, 0) is 69.7 Å². The molecule has 46 heavy (non-hydrogen) atoms. The van der Waals surface area contributed by atoms with Gasteiger partial charge in [-0.15, -0.1) is 0 Å². The number of halogens is 2. The molecule has 246 valence electrons. The van der Waals surface area contributed by atoms with Crippen molar-refractivity contribution in [3.63, 3.8) is 0 Å². The molecule has 11 heteroatoms. The summed E-state index contributed by atoms with van der Waals surface area (Å²) < 4.78 is 27.7. The molecule has 0 radical (unpaired) electrons. The number of morpholine rings is 1. The lowest BCUT2D eigenvalue weighted by molar-refractivity contribution is -0.133. The fraction of sp³-hybridized carbons (Fsp3) is 0.514. The third kappa shape index (κ3) is 7.30. The molecule has 2 amide bonds. The highest BCUT2D eigenvalue weighted by atomic mass is 35.5. The number of carbonyl (C=O) groups is 3. The number of para-hydroxylation sites is 1. The first kappa shape index (κ1) is 32.6.